The van der Waals surface area contributed by atoms with Gasteiger partial charge in [-0.05, 0) is 32.2 Å². The Balaban J connectivity index is 2.15. The van der Waals surface area contributed by atoms with Gasteiger partial charge in [-0.3, -0.25) is 0 Å². The van der Waals surface area contributed by atoms with E-state index < -0.39 is 0 Å². The molecule has 21 heavy (non-hydrogen) atoms. The second kappa shape index (κ2) is 7.68. The van der Waals surface area contributed by atoms with Crippen LogP contribution in [0.5, 0.6) is 11.5 Å². The number of rotatable bonds is 7. The standard InChI is InChI=1S/C15H20N2O2S2/c1-10-8-20-15(17-10)21-9-13(16-2)12-7-11(18-3)5-6-14(12)19-4/h5-8,13,16H,9H2,1-4H3. The van der Waals surface area contributed by atoms with Crippen molar-refractivity contribution in [3.8, 4) is 11.5 Å². The van der Waals surface area contributed by atoms with Crippen LogP contribution in [0.25, 0.3) is 0 Å². The summed E-state index contributed by atoms with van der Waals surface area (Å²) in [5, 5.41) is 5.41. The Morgan fingerprint density at radius 1 is 1.33 bits per heavy atom. The number of nitrogens with zero attached hydrogens (tertiary/aromatic N) is 1. The molecule has 0 amide bonds. The predicted molar refractivity (Wildman–Crippen MR) is 88.9 cm³/mol. The van der Waals surface area contributed by atoms with Crippen molar-refractivity contribution in [2.75, 3.05) is 27.0 Å². The van der Waals surface area contributed by atoms with E-state index >= 15 is 0 Å². The molecule has 4 nitrogen and oxygen atoms in total. The minimum atomic E-state index is 0.171. The summed E-state index contributed by atoms with van der Waals surface area (Å²) in [6, 6.07) is 6.04. The second-order valence-electron chi connectivity index (χ2n) is 4.51. The van der Waals surface area contributed by atoms with Crippen molar-refractivity contribution in [2.45, 2.75) is 17.3 Å². The maximum absolute atomic E-state index is 5.47. The van der Waals surface area contributed by atoms with Gasteiger partial charge in [0.15, 0.2) is 0 Å². The number of aromatic nitrogens is 1. The van der Waals surface area contributed by atoms with Crippen LogP contribution in [-0.4, -0.2) is 32.0 Å². The lowest BCUT2D eigenvalue weighted by Gasteiger charge is -2.19. The van der Waals surface area contributed by atoms with E-state index in [4.69, 9.17) is 9.47 Å². The van der Waals surface area contributed by atoms with Crippen LogP contribution in [0.15, 0.2) is 27.9 Å². The van der Waals surface area contributed by atoms with Gasteiger partial charge in [0.05, 0.1) is 14.2 Å². The summed E-state index contributed by atoms with van der Waals surface area (Å²) in [5.74, 6) is 2.58. The number of ether oxygens (including phenoxy) is 2. The molecule has 2 rings (SSSR count). The zero-order valence-corrected chi connectivity index (χ0v) is 14.3. The monoisotopic (exact) mass is 324 g/mol. The average molecular weight is 324 g/mol. The van der Waals surface area contributed by atoms with Crippen LogP contribution in [0.1, 0.15) is 17.3 Å². The fourth-order valence-corrected chi connectivity index (χ4v) is 4.00. The molecule has 114 valence electrons. The molecule has 0 bridgehead atoms. The number of hydrogen-bond donors (Lipinski definition) is 1. The number of thioether (sulfide) groups is 1. The molecule has 0 spiro atoms. The van der Waals surface area contributed by atoms with Crippen LogP contribution in [-0.2, 0) is 0 Å². The molecule has 1 unspecified atom stereocenters. The number of benzene rings is 1. The molecule has 1 heterocycles. The maximum Gasteiger partial charge on any atom is 0.150 e. The van der Waals surface area contributed by atoms with E-state index in [-0.39, 0.29) is 6.04 Å². The van der Waals surface area contributed by atoms with Gasteiger partial charge in [0.2, 0.25) is 0 Å². The van der Waals surface area contributed by atoms with Crippen molar-refractivity contribution in [3.05, 3.63) is 34.8 Å². The average Bonchev–Trinajstić information content (AvgIpc) is 2.93. The van der Waals surface area contributed by atoms with Crippen molar-refractivity contribution in [1.29, 1.82) is 0 Å². The van der Waals surface area contributed by atoms with Crippen molar-refractivity contribution in [1.82, 2.24) is 10.3 Å². The first-order chi connectivity index (χ1) is 10.2. The third-order valence-corrected chi connectivity index (χ3v) is 5.36. The fraction of sp³-hybridized carbons (Fsp3) is 0.400. The van der Waals surface area contributed by atoms with Crippen molar-refractivity contribution in [3.63, 3.8) is 0 Å². The largest absolute Gasteiger partial charge is 0.497 e. The highest BCUT2D eigenvalue weighted by atomic mass is 32.2. The third kappa shape index (κ3) is 4.12. The summed E-state index contributed by atoms with van der Waals surface area (Å²) >= 11 is 3.43. The zero-order chi connectivity index (χ0) is 15.2. The van der Waals surface area contributed by atoms with Gasteiger partial charge in [0.25, 0.3) is 0 Å². The minimum Gasteiger partial charge on any atom is -0.497 e. The predicted octanol–water partition coefficient (Wildman–Crippen LogP) is 3.52. The van der Waals surface area contributed by atoms with E-state index in [1.54, 1.807) is 37.3 Å². The summed E-state index contributed by atoms with van der Waals surface area (Å²) < 4.78 is 11.9. The molecule has 1 aromatic heterocycles. The summed E-state index contributed by atoms with van der Waals surface area (Å²) in [6.45, 7) is 2.02. The van der Waals surface area contributed by atoms with E-state index in [0.29, 0.717) is 0 Å². The van der Waals surface area contributed by atoms with Crippen LogP contribution in [0.3, 0.4) is 0 Å². The Morgan fingerprint density at radius 2 is 2.14 bits per heavy atom. The van der Waals surface area contributed by atoms with E-state index in [1.807, 2.05) is 32.2 Å². The maximum atomic E-state index is 5.47. The normalized spacial score (nSPS) is 12.2. The van der Waals surface area contributed by atoms with Crippen LogP contribution < -0.4 is 14.8 Å². The molecule has 2 aromatic rings. The molecular formula is C15H20N2O2S2. The topological polar surface area (TPSA) is 43.4 Å². The Labute approximate surface area is 133 Å². The lowest BCUT2D eigenvalue weighted by molar-refractivity contribution is 0.394. The molecule has 1 atom stereocenters. The second-order valence-corrected chi connectivity index (χ2v) is 6.64. The number of nitrogens with one attached hydrogen (secondary N) is 1. The smallest absolute Gasteiger partial charge is 0.150 e. The zero-order valence-electron chi connectivity index (χ0n) is 12.7. The number of methoxy groups -OCH3 is 2. The van der Waals surface area contributed by atoms with E-state index in [9.17, 15) is 0 Å². The Hall–Kier alpha value is -1.24. The summed E-state index contributed by atoms with van der Waals surface area (Å²) in [5.41, 5.74) is 2.17. The van der Waals surface area contributed by atoms with Gasteiger partial charge in [-0.2, -0.15) is 0 Å². The van der Waals surface area contributed by atoms with Gasteiger partial charge in [-0.25, -0.2) is 4.98 Å². The molecule has 6 heteroatoms. The third-order valence-electron chi connectivity index (χ3n) is 3.13. The van der Waals surface area contributed by atoms with E-state index in [2.05, 4.69) is 15.7 Å². The molecule has 1 aromatic carbocycles. The summed E-state index contributed by atoms with van der Waals surface area (Å²) in [7, 11) is 5.32. The van der Waals surface area contributed by atoms with Crippen LogP contribution in [0.2, 0.25) is 0 Å². The van der Waals surface area contributed by atoms with Gasteiger partial charge < -0.3 is 14.8 Å². The molecule has 0 radical (unpaired) electrons. The molecule has 0 aliphatic heterocycles. The van der Waals surface area contributed by atoms with Crippen LogP contribution >= 0.6 is 23.1 Å². The highest BCUT2D eigenvalue weighted by molar-refractivity contribution is 8.01. The Kier molecular flexibility index (Phi) is 5.90. The SMILES string of the molecule is CNC(CSc1nc(C)cs1)c1cc(OC)ccc1OC. The summed E-state index contributed by atoms with van der Waals surface area (Å²) in [4.78, 5) is 4.48. The van der Waals surface area contributed by atoms with Crippen LogP contribution in [0, 0.1) is 6.92 Å². The lowest BCUT2D eigenvalue weighted by atomic mass is 10.1. The van der Waals surface area contributed by atoms with E-state index in [1.165, 1.54) is 0 Å². The van der Waals surface area contributed by atoms with Gasteiger partial charge in [-0.1, -0.05) is 11.8 Å². The number of thiazole rings is 1. The van der Waals surface area contributed by atoms with Crippen LogP contribution in [0.4, 0.5) is 0 Å². The molecule has 0 aliphatic rings. The highest BCUT2D eigenvalue weighted by Crippen LogP contribution is 2.33. The Bertz CT molecular complexity index is 587. The Morgan fingerprint density at radius 3 is 2.71 bits per heavy atom. The first-order valence-corrected chi connectivity index (χ1v) is 8.48. The van der Waals surface area contributed by atoms with Crippen molar-refractivity contribution < 1.29 is 9.47 Å². The fourth-order valence-electron chi connectivity index (χ4n) is 1.99. The number of hydrogen-bond acceptors (Lipinski definition) is 6. The number of aryl methyl sites for hydroxylation is 1. The van der Waals surface area contributed by atoms with Gasteiger partial charge in [-0.15, -0.1) is 11.3 Å². The molecular weight excluding hydrogens is 304 g/mol. The molecule has 0 saturated carbocycles. The van der Waals surface area contributed by atoms with Gasteiger partial charge >= 0.3 is 0 Å². The lowest BCUT2D eigenvalue weighted by Crippen LogP contribution is -2.19. The molecule has 1 N–H and O–H groups in total. The first kappa shape index (κ1) is 16.1. The first-order valence-electron chi connectivity index (χ1n) is 6.62. The minimum absolute atomic E-state index is 0.171. The van der Waals surface area contributed by atoms with Gasteiger partial charge in [0.1, 0.15) is 15.8 Å². The molecule has 0 fully saturated rings. The van der Waals surface area contributed by atoms with Crippen molar-refractivity contribution in [2.24, 2.45) is 0 Å². The highest BCUT2D eigenvalue weighted by Gasteiger charge is 2.16. The summed E-state index contributed by atoms with van der Waals surface area (Å²) in [6.07, 6.45) is 0. The quantitative estimate of drug-likeness (QED) is 0.789. The van der Waals surface area contributed by atoms with Gasteiger partial charge in [0, 0.05) is 28.4 Å². The van der Waals surface area contributed by atoms with E-state index in [0.717, 1.165) is 32.8 Å². The molecule has 0 aliphatic carbocycles. The molecule has 0 saturated heterocycles. The van der Waals surface area contributed by atoms with Crippen molar-refractivity contribution >= 4 is 23.1 Å².